The van der Waals surface area contributed by atoms with Crippen LogP contribution in [0.3, 0.4) is 0 Å². The van der Waals surface area contributed by atoms with E-state index in [0.717, 1.165) is 12.8 Å². The normalized spacial score (nSPS) is 16.6. The van der Waals surface area contributed by atoms with Gasteiger partial charge in [-0.25, -0.2) is 0 Å². The Balaban J connectivity index is 4.15. The third kappa shape index (κ3) is 6.80. The van der Waals surface area contributed by atoms with Gasteiger partial charge >= 0.3 is 5.97 Å². The highest BCUT2D eigenvalue weighted by Crippen LogP contribution is 2.04. The molecule has 3 atom stereocenters. The smallest absolute Gasteiger partial charge is 0.323 e. The Bertz CT molecular complexity index is 195. The van der Waals surface area contributed by atoms with Crippen molar-refractivity contribution < 1.29 is 14.6 Å². The summed E-state index contributed by atoms with van der Waals surface area (Å²) in [7, 11) is 0. The number of nitrogens with one attached hydrogen (secondary N) is 1. The summed E-state index contributed by atoms with van der Waals surface area (Å²) in [6.45, 7) is 7.96. The Labute approximate surface area is 98.4 Å². The van der Waals surface area contributed by atoms with Gasteiger partial charge in [-0.3, -0.25) is 4.79 Å². The number of ether oxygens (including phenoxy) is 1. The van der Waals surface area contributed by atoms with E-state index in [2.05, 4.69) is 5.32 Å². The van der Waals surface area contributed by atoms with E-state index in [-0.39, 0.29) is 24.2 Å². The van der Waals surface area contributed by atoms with Crippen LogP contribution in [-0.2, 0) is 9.53 Å². The third-order valence-electron chi connectivity index (χ3n) is 2.33. The van der Waals surface area contributed by atoms with Gasteiger partial charge in [0.2, 0.25) is 0 Å². The molecule has 0 aromatic rings. The lowest BCUT2D eigenvalue weighted by atomic mass is 10.1. The van der Waals surface area contributed by atoms with Gasteiger partial charge in [0.15, 0.2) is 0 Å². The minimum atomic E-state index is -0.355. The second-order valence-corrected chi connectivity index (χ2v) is 4.25. The van der Waals surface area contributed by atoms with Crippen LogP contribution in [0.1, 0.15) is 47.0 Å². The molecule has 0 saturated heterocycles. The molecule has 0 aromatic carbocycles. The molecule has 0 aliphatic heterocycles. The van der Waals surface area contributed by atoms with Gasteiger partial charge in [0, 0.05) is 6.04 Å². The second-order valence-electron chi connectivity index (χ2n) is 4.25. The highest BCUT2D eigenvalue weighted by Gasteiger charge is 2.20. The van der Waals surface area contributed by atoms with Crippen LogP contribution in [0.2, 0.25) is 0 Å². The quantitative estimate of drug-likeness (QED) is 0.621. The van der Waals surface area contributed by atoms with Gasteiger partial charge < -0.3 is 15.2 Å². The molecule has 0 radical (unpaired) electrons. The third-order valence-corrected chi connectivity index (χ3v) is 2.33. The van der Waals surface area contributed by atoms with E-state index < -0.39 is 0 Å². The lowest BCUT2D eigenvalue weighted by Crippen LogP contribution is -2.44. The zero-order chi connectivity index (χ0) is 12.6. The molecule has 0 saturated carbocycles. The van der Waals surface area contributed by atoms with Crippen LogP contribution in [0.25, 0.3) is 0 Å². The van der Waals surface area contributed by atoms with Crippen LogP contribution < -0.4 is 5.32 Å². The van der Waals surface area contributed by atoms with Crippen molar-refractivity contribution in [1.82, 2.24) is 5.32 Å². The monoisotopic (exact) mass is 231 g/mol. The van der Waals surface area contributed by atoms with Crippen LogP contribution in [0.5, 0.6) is 0 Å². The van der Waals surface area contributed by atoms with E-state index in [1.54, 1.807) is 13.8 Å². The molecule has 3 unspecified atom stereocenters. The predicted molar refractivity (Wildman–Crippen MR) is 64.2 cm³/mol. The number of carbonyl (C=O) groups is 1. The van der Waals surface area contributed by atoms with E-state index in [4.69, 9.17) is 4.74 Å². The van der Waals surface area contributed by atoms with Crippen molar-refractivity contribution in [2.24, 2.45) is 0 Å². The van der Waals surface area contributed by atoms with Crippen LogP contribution in [-0.4, -0.2) is 35.9 Å². The van der Waals surface area contributed by atoms with Crippen molar-refractivity contribution in [3.63, 3.8) is 0 Å². The molecule has 2 N–H and O–H groups in total. The largest absolute Gasteiger partial charge is 0.465 e. The summed E-state index contributed by atoms with van der Waals surface area (Å²) < 4.78 is 5.00. The molecule has 16 heavy (non-hydrogen) atoms. The van der Waals surface area contributed by atoms with Crippen molar-refractivity contribution >= 4 is 5.97 Å². The number of hydrogen-bond acceptors (Lipinski definition) is 4. The molecule has 4 heteroatoms. The molecule has 0 heterocycles. The first-order chi connectivity index (χ1) is 7.51. The summed E-state index contributed by atoms with van der Waals surface area (Å²) in [5.41, 5.74) is 0. The molecule has 0 aliphatic carbocycles. The van der Waals surface area contributed by atoms with Crippen molar-refractivity contribution in [3.8, 4) is 0 Å². The average Bonchev–Trinajstić information content (AvgIpc) is 2.16. The van der Waals surface area contributed by atoms with Crippen LogP contribution in [0.15, 0.2) is 0 Å². The van der Waals surface area contributed by atoms with Gasteiger partial charge in [0.05, 0.1) is 12.7 Å². The molecular weight excluding hydrogens is 206 g/mol. The maximum atomic E-state index is 11.6. The number of carbonyl (C=O) groups excluding carboxylic acids is 1. The van der Waals surface area contributed by atoms with E-state index in [0.29, 0.717) is 13.0 Å². The SMILES string of the molecule is CCCC(NC(C)CC(C)O)C(=O)OCC. The summed E-state index contributed by atoms with van der Waals surface area (Å²) in [6, 6.07) is -0.139. The van der Waals surface area contributed by atoms with Crippen molar-refractivity contribution in [2.75, 3.05) is 6.61 Å². The molecule has 0 amide bonds. The summed E-state index contributed by atoms with van der Waals surface area (Å²) >= 11 is 0. The Morgan fingerprint density at radius 3 is 2.44 bits per heavy atom. The fourth-order valence-corrected chi connectivity index (χ4v) is 1.72. The minimum Gasteiger partial charge on any atom is -0.465 e. The fourth-order valence-electron chi connectivity index (χ4n) is 1.72. The van der Waals surface area contributed by atoms with Crippen molar-refractivity contribution in [1.29, 1.82) is 0 Å². The van der Waals surface area contributed by atoms with E-state index in [9.17, 15) is 9.90 Å². The number of rotatable bonds is 8. The zero-order valence-electron chi connectivity index (χ0n) is 10.8. The van der Waals surface area contributed by atoms with Gasteiger partial charge in [-0.15, -0.1) is 0 Å². The maximum absolute atomic E-state index is 11.6. The average molecular weight is 231 g/mol. The van der Waals surface area contributed by atoms with E-state index in [1.807, 2.05) is 13.8 Å². The van der Waals surface area contributed by atoms with Gasteiger partial charge in [-0.2, -0.15) is 0 Å². The predicted octanol–water partition coefficient (Wildman–Crippen LogP) is 1.47. The lowest BCUT2D eigenvalue weighted by molar-refractivity contribution is -0.146. The van der Waals surface area contributed by atoms with Gasteiger partial charge in [0.1, 0.15) is 6.04 Å². The van der Waals surface area contributed by atoms with E-state index in [1.165, 1.54) is 0 Å². The van der Waals surface area contributed by atoms with Crippen LogP contribution in [0.4, 0.5) is 0 Å². The molecule has 0 aliphatic rings. The second kappa shape index (κ2) is 8.53. The molecule has 96 valence electrons. The summed E-state index contributed by atoms with van der Waals surface area (Å²) in [5, 5.41) is 12.5. The Morgan fingerprint density at radius 1 is 1.38 bits per heavy atom. The fraction of sp³-hybridized carbons (Fsp3) is 0.917. The number of aliphatic hydroxyl groups is 1. The van der Waals surface area contributed by atoms with Gasteiger partial charge in [0.25, 0.3) is 0 Å². The number of aliphatic hydroxyl groups excluding tert-OH is 1. The lowest BCUT2D eigenvalue weighted by Gasteiger charge is -2.22. The standard InChI is InChI=1S/C12H25NO3/c1-5-7-11(12(15)16-6-2)13-9(3)8-10(4)14/h9-11,13-14H,5-8H2,1-4H3. The van der Waals surface area contributed by atoms with Crippen LogP contribution in [0, 0.1) is 0 Å². The first-order valence-corrected chi connectivity index (χ1v) is 6.11. The molecule has 0 spiro atoms. The summed E-state index contributed by atoms with van der Waals surface area (Å²) in [5.74, 6) is -0.193. The first-order valence-electron chi connectivity index (χ1n) is 6.11. The van der Waals surface area contributed by atoms with Gasteiger partial charge in [-0.1, -0.05) is 13.3 Å². The number of hydrogen-bond donors (Lipinski definition) is 2. The molecule has 0 bridgehead atoms. The van der Waals surface area contributed by atoms with Crippen LogP contribution >= 0.6 is 0 Å². The number of esters is 1. The minimum absolute atomic E-state index is 0.112. The van der Waals surface area contributed by atoms with E-state index >= 15 is 0 Å². The summed E-state index contributed by atoms with van der Waals surface area (Å²) in [6.07, 6.45) is 1.98. The Hall–Kier alpha value is -0.610. The molecule has 0 aromatic heterocycles. The molecular formula is C12H25NO3. The molecule has 4 nitrogen and oxygen atoms in total. The molecule has 0 rings (SSSR count). The molecule has 0 fully saturated rings. The highest BCUT2D eigenvalue weighted by atomic mass is 16.5. The Morgan fingerprint density at radius 2 is 2.00 bits per heavy atom. The topological polar surface area (TPSA) is 58.6 Å². The van der Waals surface area contributed by atoms with Gasteiger partial charge in [-0.05, 0) is 33.6 Å². The zero-order valence-corrected chi connectivity index (χ0v) is 10.8. The Kier molecular flexibility index (Phi) is 8.21. The summed E-state index contributed by atoms with van der Waals surface area (Å²) in [4.78, 5) is 11.6. The first kappa shape index (κ1) is 15.4. The highest BCUT2D eigenvalue weighted by molar-refractivity contribution is 5.75. The maximum Gasteiger partial charge on any atom is 0.323 e. The van der Waals surface area contributed by atoms with Crippen molar-refractivity contribution in [2.45, 2.75) is 65.1 Å². The van der Waals surface area contributed by atoms with Crippen molar-refractivity contribution in [3.05, 3.63) is 0 Å².